The summed E-state index contributed by atoms with van der Waals surface area (Å²) in [5, 5.41) is 0.352. The van der Waals surface area contributed by atoms with Crippen LogP contribution in [-0.2, 0) is 14.3 Å². The molecule has 0 aliphatic rings. The van der Waals surface area contributed by atoms with Crippen LogP contribution >= 0.6 is 11.6 Å². The van der Waals surface area contributed by atoms with Crippen molar-refractivity contribution in [2.45, 2.75) is 20.0 Å². The molecule has 154 valence electrons. The minimum Gasteiger partial charge on any atom is -0.493 e. The Kier molecular flexibility index (Phi) is 8.09. The van der Waals surface area contributed by atoms with E-state index in [4.69, 9.17) is 25.8 Å². The molecular weight excluding hydrogens is 394 g/mol. The number of esters is 1. The predicted molar refractivity (Wildman–Crippen MR) is 114 cm³/mol. The van der Waals surface area contributed by atoms with E-state index in [-0.39, 0.29) is 5.91 Å². The molecule has 0 saturated carbocycles. The molecule has 0 aromatic heterocycles. The first-order chi connectivity index (χ1) is 13.9. The number of carbonyl (C=O) groups is 2. The molecule has 0 saturated heterocycles. The average molecular weight is 418 g/mol. The van der Waals surface area contributed by atoms with Crippen LogP contribution in [0.4, 0.5) is 5.69 Å². The highest BCUT2D eigenvalue weighted by atomic mass is 35.5. The fourth-order valence-corrected chi connectivity index (χ4v) is 3.05. The molecule has 1 unspecified atom stereocenters. The van der Waals surface area contributed by atoms with Gasteiger partial charge in [-0.25, -0.2) is 4.79 Å². The monoisotopic (exact) mass is 417 g/mol. The van der Waals surface area contributed by atoms with Gasteiger partial charge in [-0.15, -0.1) is 0 Å². The van der Waals surface area contributed by atoms with Gasteiger partial charge in [0.25, 0.3) is 5.91 Å². The molecular formula is C22H24ClNO5. The fourth-order valence-electron chi connectivity index (χ4n) is 2.76. The molecule has 29 heavy (non-hydrogen) atoms. The Morgan fingerprint density at radius 3 is 2.41 bits per heavy atom. The van der Waals surface area contributed by atoms with E-state index in [0.29, 0.717) is 28.6 Å². The van der Waals surface area contributed by atoms with Gasteiger partial charge in [0, 0.05) is 18.3 Å². The van der Waals surface area contributed by atoms with Crippen LogP contribution in [0.5, 0.6) is 11.5 Å². The minimum absolute atomic E-state index is 0.297. The summed E-state index contributed by atoms with van der Waals surface area (Å²) in [6, 6.07) is 12.5. The van der Waals surface area contributed by atoms with Crippen LogP contribution in [-0.4, -0.2) is 38.7 Å². The summed E-state index contributed by atoms with van der Waals surface area (Å²) in [4.78, 5) is 26.4. The van der Waals surface area contributed by atoms with E-state index in [9.17, 15) is 9.59 Å². The summed E-state index contributed by atoms with van der Waals surface area (Å²) in [7, 11) is 2.99. The SMILES string of the molecule is CCN(C(=O)C(C)OC(=O)/C=C/c1cc(Cl)c(OC)c(OC)c1)c1ccccc1. The van der Waals surface area contributed by atoms with Crippen molar-refractivity contribution >= 4 is 35.2 Å². The first kappa shape index (κ1) is 22.3. The van der Waals surface area contributed by atoms with Crippen molar-refractivity contribution < 1.29 is 23.8 Å². The maximum absolute atomic E-state index is 12.7. The molecule has 0 heterocycles. The lowest BCUT2D eigenvalue weighted by Crippen LogP contribution is -2.39. The van der Waals surface area contributed by atoms with Gasteiger partial charge in [0.15, 0.2) is 17.6 Å². The maximum atomic E-state index is 12.7. The Morgan fingerprint density at radius 2 is 1.83 bits per heavy atom. The lowest BCUT2D eigenvalue weighted by Gasteiger charge is -2.24. The number of hydrogen-bond donors (Lipinski definition) is 0. The predicted octanol–water partition coefficient (Wildman–Crippen LogP) is 4.36. The Labute approximate surface area is 175 Å². The van der Waals surface area contributed by atoms with Crippen molar-refractivity contribution in [3.63, 3.8) is 0 Å². The summed E-state index contributed by atoms with van der Waals surface area (Å²) in [5.41, 5.74) is 1.38. The third-order valence-electron chi connectivity index (χ3n) is 4.16. The standard InChI is InChI=1S/C22H24ClNO5/c1-5-24(17-9-7-6-8-10-17)22(26)15(2)29-20(25)12-11-16-13-18(23)21(28-4)19(14-16)27-3/h6-15H,5H2,1-4H3/b12-11+. The number of likely N-dealkylation sites (N-methyl/N-ethyl adjacent to an activating group) is 1. The zero-order valence-corrected chi connectivity index (χ0v) is 17.6. The number of methoxy groups -OCH3 is 2. The number of benzene rings is 2. The number of halogens is 1. The molecule has 2 aromatic carbocycles. The molecule has 7 heteroatoms. The van der Waals surface area contributed by atoms with Gasteiger partial charge < -0.3 is 19.1 Å². The van der Waals surface area contributed by atoms with E-state index in [2.05, 4.69) is 0 Å². The molecule has 0 aliphatic heterocycles. The van der Waals surface area contributed by atoms with Gasteiger partial charge in [0.2, 0.25) is 0 Å². The molecule has 0 bridgehead atoms. The third-order valence-corrected chi connectivity index (χ3v) is 4.44. The Hall–Kier alpha value is -2.99. The van der Waals surface area contributed by atoms with Gasteiger partial charge in [-0.2, -0.15) is 0 Å². The summed E-state index contributed by atoms with van der Waals surface area (Å²) < 4.78 is 15.7. The second-order valence-electron chi connectivity index (χ2n) is 6.07. The number of rotatable bonds is 8. The highest BCUT2D eigenvalue weighted by molar-refractivity contribution is 6.32. The summed E-state index contributed by atoms with van der Waals surface area (Å²) in [5.74, 6) is -0.0813. The Bertz CT molecular complexity index is 882. The minimum atomic E-state index is -0.929. The molecule has 1 amide bonds. The number of nitrogens with zero attached hydrogens (tertiary/aromatic N) is 1. The zero-order chi connectivity index (χ0) is 21.4. The van der Waals surface area contributed by atoms with Crippen LogP contribution in [0.1, 0.15) is 19.4 Å². The van der Waals surface area contributed by atoms with Crippen molar-refractivity contribution in [3.05, 3.63) is 59.1 Å². The Balaban J connectivity index is 2.06. The van der Waals surface area contributed by atoms with Gasteiger partial charge in [0.05, 0.1) is 19.2 Å². The van der Waals surface area contributed by atoms with E-state index in [1.54, 1.807) is 24.0 Å². The van der Waals surface area contributed by atoms with E-state index >= 15 is 0 Å². The average Bonchev–Trinajstić information content (AvgIpc) is 2.72. The normalized spacial score (nSPS) is 11.8. The first-order valence-electron chi connectivity index (χ1n) is 9.07. The molecule has 0 radical (unpaired) electrons. The zero-order valence-electron chi connectivity index (χ0n) is 16.8. The van der Waals surface area contributed by atoms with E-state index in [0.717, 1.165) is 5.69 Å². The smallest absolute Gasteiger partial charge is 0.331 e. The van der Waals surface area contributed by atoms with Crippen molar-refractivity contribution in [1.29, 1.82) is 0 Å². The summed E-state index contributed by atoms with van der Waals surface area (Å²) >= 11 is 6.16. The molecule has 0 N–H and O–H groups in total. The molecule has 0 aliphatic carbocycles. The fraction of sp³-hybridized carbons (Fsp3) is 0.273. The molecule has 0 fully saturated rings. The quantitative estimate of drug-likeness (QED) is 0.471. The van der Waals surface area contributed by atoms with Gasteiger partial charge in [-0.3, -0.25) is 4.79 Å². The largest absolute Gasteiger partial charge is 0.493 e. The summed E-state index contributed by atoms with van der Waals surface area (Å²) in [6.45, 7) is 3.87. The van der Waals surface area contributed by atoms with Gasteiger partial charge in [-0.1, -0.05) is 29.8 Å². The topological polar surface area (TPSA) is 65.1 Å². The van der Waals surface area contributed by atoms with E-state index in [1.807, 2.05) is 37.3 Å². The van der Waals surface area contributed by atoms with Crippen LogP contribution in [0.2, 0.25) is 5.02 Å². The highest BCUT2D eigenvalue weighted by Gasteiger charge is 2.23. The van der Waals surface area contributed by atoms with Crippen molar-refractivity contribution in [2.75, 3.05) is 25.7 Å². The number of carbonyl (C=O) groups excluding carboxylic acids is 2. The number of para-hydroxylation sites is 1. The van der Waals surface area contributed by atoms with Crippen molar-refractivity contribution in [3.8, 4) is 11.5 Å². The number of hydrogen-bond acceptors (Lipinski definition) is 5. The van der Waals surface area contributed by atoms with Crippen LogP contribution in [0.15, 0.2) is 48.5 Å². The molecule has 6 nitrogen and oxygen atoms in total. The third kappa shape index (κ3) is 5.74. The van der Waals surface area contributed by atoms with Crippen LogP contribution in [0, 0.1) is 0 Å². The second-order valence-corrected chi connectivity index (χ2v) is 6.48. The lowest BCUT2D eigenvalue weighted by atomic mass is 10.2. The molecule has 0 spiro atoms. The van der Waals surface area contributed by atoms with Crippen LogP contribution in [0.3, 0.4) is 0 Å². The van der Waals surface area contributed by atoms with Crippen molar-refractivity contribution in [2.24, 2.45) is 0 Å². The van der Waals surface area contributed by atoms with Crippen molar-refractivity contribution in [1.82, 2.24) is 0 Å². The van der Waals surface area contributed by atoms with E-state index in [1.165, 1.54) is 26.4 Å². The molecule has 2 aromatic rings. The van der Waals surface area contributed by atoms with Crippen LogP contribution < -0.4 is 14.4 Å². The van der Waals surface area contributed by atoms with Gasteiger partial charge in [0.1, 0.15) is 0 Å². The van der Waals surface area contributed by atoms with Crippen LogP contribution in [0.25, 0.3) is 6.08 Å². The van der Waals surface area contributed by atoms with E-state index < -0.39 is 12.1 Å². The Morgan fingerprint density at radius 1 is 1.14 bits per heavy atom. The maximum Gasteiger partial charge on any atom is 0.331 e. The number of anilines is 1. The number of amides is 1. The second kappa shape index (κ2) is 10.5. The van der Waals surface area contributed by atoms with Gasteiger partial charge >= 0.3 is 5.97 Å². The highest BCUT2D eigenvalue weighted by Crippen LogP contribution is 2.36. The first-order valence-corrected chi connectivity index (χ1v) is 9.45. The molecule has 1 atom stereocenters. The summed E-state index contributed by atoms with van der Waals surface area (Å²) in [6.07, 6.45) is 1.84. The number of ether oxygens (including phenoxy) is 3. The molecule has 2 rings (SSSR count). The van der Waals surface area contributed by atoms with Gasteiger partial charge in [-0.05, 0) is 49.8 Å². The lowest BCUT2D eigenvalue weighted by molar-refractivity contribution is -0.149.